The predicted octanol–water partition coefficient (Wildman–Crippen LogP) is 3.44. The molecule has 0 spiro atoms. The number of fused-ring (bicyclic) bond motifs is 1. The second-order valence-corrected chi connectivity index (χ2v) is 6.34. The van der Waals surface area contributed by atoms with Crippen LogP contribution in [0.1, 0.15) is 40.7 Å². The van der Waals surface area contributed by atoms with Crippen molar-refractivity contribution in [1.29, 1.82) is 5.26 Å². The predicted molar refractivity (Wildman–Crippen MR) is 80.1 cm³/mol. The van der Waals surface area contributed by atoms with Crippen LogP contribution in [-0.4, -0.2) is 14.8 Å². The molecule has 2 aromatic rings. The molecule has 1 aliphatic heterocycles. The van der Waals surface area contributed by atoms with E-state index in [-0.39, 0.29) is 0 Å². The zero-order chi connectivity index (χ0) is 13.9. The summed E-state index contributed by atoms with van der Waals surface area (Å²) in [5, 5.41) is 17.9. The lowest BCUT2D eigenvalue weighted by Crippen LogP contribution is -2.05. The van der Waals surface area contributed by atoms with Crippen molar-refractivity contribution in [2.45, 2.75) is 39.2 Å². The van der Waals surface area contributed by atoms with Crippen molar-refractivity contribution >= 4 is 23.0 Å². The number of nitriles is 1. The molecule has 0 radical (unpaired) electrons. The molecular formula is C15H16N4S. The van der Waals surface area contributed by atoms with Crippen LogP contribution in [0.3, 0.4) is 0 Å². The molecule has 0 atom stereocenters. The molecule has 1 aliphatic rings. The number of hydrogen-bond acceptors (Lipinski definition) is 4. The number of aryl methyl sites for hydroxylation is 2. The van der Waals surface area contributed by atoms with Gasteiger partial charge in [-0.3, -0.25) is 0 Å². The Labute approximate surface area is 122 Å². The van der Waals surface area contributed by atoms with Crippen LogP contribution in [0.15, 0.2) is 12.1 Å². The second kappa shape index (κ2) is 5.59. The van der Waals surface area contributed by atoms with Crippen LogP contribution in [0, 0.1) is 18.3 Å². The smallest absolute Gasteiger partial charge is 0.174 e. The van der Waals surface area contributed by atoms with E-state index in [0.717, 1.165) is 42.3 Å². The standard InChI is InChI=1S/C15H16N4S/c1-11-6-7-13(20-11)9-12(10-16)15-18-17-14-5-3-2-4-8-19(14)15/h6-7,9H,2-5,8H2,1H3/b12-9+. The number of thiophene rings is 1. The minimum Gasteiger partial charge on any atom is -0.310 e. The molecule has 2 aromatic heterocycles. The minimum atomic E-state index is 0.604. The third kappa shape index (κ3) is 2.52. The normalized spacial score (nSPS) is 15.5. The summed E-state index contributed by atoms with van der Waals surface area (Å²) in [4.78, 5) is 2.33. The van der Waals surface area contributed by atoms with E-state index in [9.17, 15) is 5.26 Å². The Kier molecular flexibility index (Phi) is 3.66. The van der Waals surface area contributed by atoms with Gasteiger partial charge in [0, 0.05) is 22.7 Å². The Morgan fingerprint density at radius 1 is 1.35 bits per heavy atom. The summed E-state index contributed by atoms with van der Waals surface area (Å²) in [5.41, 5.74) is 0.604. The highest BCUT2D eigenvalue weighted by Crippen LogP contribution is 2.24. The van der Waals surface area contributed by atoms with Crippen LogP contribution in [0.2, 0.25) is 0 Å². The molecule has 0 saturated carbocycles. The van der Waals surface area contributed by atoms with Gasteiger partial charge < -0.3 is 4.57 Å². The van der Waals surface area contributed by atoms with E-state index in [1.165, 1.54) is 11.3 Å². The number of aromatic nitrogens is 3. The maximum Gasteiger partial charge on any atom is 0.174 e. The fourth-order valence-corrected chi connectivity index (χ4v) is 3.33. The van der Waals surface area contributed by atoms with E-state index in [1.54, 1.807) is 11.3 Å². The molecule has 0 N–H and O–H groups in total. The highest BCUT2D eigenvalue weighted by Gasteiger charge is 2.17. The van der Waals surface area contributed by atoms with Crippen molar-refractivity contribution in [3.05, 3.63) is 33.5 Å². The Balaban J connectivity index is 2.00. The van der Waals surface area contributed by atoms with Crippen molar-refractivity contribution in [2.75, 3.05) is 0 Å². The number of nitrogens with zero attached hydrogens (tertiary/aromatic N) is 4. The van der Waals surface area contributed by atoms with Crippen LogP contribution < -0.4 is 0 Å². The summed E-state index contributed by atoms with van der Waals surface area (Å²) in [6.45, 7) is 2.98. The summed E-state index contributed by atoms with van der Waals surface area (Å²) >= 11 is 1.69. The van der Waals surface area contributed by atoms with Crippen molar-refractivity contribution in [3.63, 3.8) is 0 Å². The fourth-order valence-electron chi connectivity index (χ4n) is 2.50. The largest absolute Gasteiger partial charge is 0.310 e. The van der Waals surface area contributed by atoms with Gasteiger partial charge in [0.05, 0.1) is 5.57 Å². The van der Waals surface area contributed by atoms with Gasteiger partial charge >= 0.3 is 0 Å². The van der Waals surface area contributed by atoms with Crippen LogP contribution in [0.5, 0.6) is 0 Å². The Bertz CT molecular complexity index is 687. The van der Waals surface area contributed by atoms with E-state index in [1.807, 2.05) is 12.1 Å². The fraction of sp³-hybridized carbons (Fsp3) is 0.400. The number of hydrogen-bond donors (Lipinski definition) is 0. The van der Waals surface area contributed by atoms with Gasteiger partial charge in [-0.05, 0) is 38.0 Å². The lowest BCUT2D eigenvalue weighted by Gasteiger charge is -2.05. The average molecular weight is 284 g/mol. The topological polar surface area (TPSA) is 54.5 Å². The first-order valence-corrected chi connectivity index (χ1v) is 7.70. The molecule has 0 fully saturated rings. The lowest BCUT2D eigenvalue weighted by atomic mass is 10.2. The first-order valence-electron chi connectivity index (χ1n) is 6.88. The Hall–Kier alpha value is -1.93. The van der Waals surface area contributed by atoms with Crippen molar-refractivity contribution in [1.82, 2.24) is 14.8 Å². The number of allylic oxidation sites excluding steroid dienone is 1. The van der Waals surface area contributed by atoms with Crippen molar-refractivity contribution < 1.29 is 0 Å². The summed E-state index contributed by atoms with van der Waals surface area (Å²) in [7, 11) is 0. The lowest BCUT2D eigenvalue weighted by molar-refractivity contribution is 0.627. The van der Waals surface area contributed by atoms with Crippen molar-refractivity contribution in [2.24, 2.45) is 0 Å². The van der Waals surface area contributed by atoms with E-state index >= 15 is 0 Å². The van der Waals surface area contributed by atoms with Crippen LogP contribution >= 0.6 is 11.3 Å². The maximum absolute atomic E-state index is 9.44. The second-order valence-electron chi connectivity index (χ2n) is 5.02. The van der Waals surface area contributed by atoms with E-state index in [0.29, 0.717) is 5.57 Å². The zero-order valence-corrected chi connectivity index (χ0v) is 12.3. The van der Waals surface area contributed by atoms with Gasteiger partial charge in [-0.2, -0.15) is 5.26 Å². The molecule has 0 aromatic carbocycles. The average Bonchev–Trinajstić information content (AvgIpc) is 2.96. The highest BCUT2D eigenvalue weighted by molar-refractivity contribution is 7.12. The molecular weight excluding hydrogens is 268 g/mol. The van der Waals surface area contributed by atoms with Gasteiger partial charge in [0.25, 0.3) is 0 Å². The Morgan fingerprint density at radius 3 is 3.00 bits per heavy atom. The quantitative estimate of drug-likeness (QED) is 0.794. The third-order valence-corrected chi connectivity index (χ3v) is 4.47. The van der Waals surface area contributed by atoms with Gasteiger partial charge in [0.1, 0.15) is 11.9 Å². The van der Waals surface area contributed by atoms with Gasteiger partial charge in [-0.1, -0.05) is 6.42 Å². The molecule has 0 unspecified atom stereocenters. The first kappa shape index (κ1) is 13.1. The van der Waals surface area contributed by atoms with Gasteiger partial charge in [-0.15, -0.1) is 21.5 Å². The minimum absolute atomic E-state index is 0.604. The zero-order valence-electron chi connectivity index (χ0n) is 11.5. The molecule has 5 heteroatoms. The highest BCUT2D eigenvalue weighted by atomic mass is 32.1. The van der Waals surface area contributed by atoms with E-state index in [2.05, 4.69) is 33.8 Å². The molecule has 0 amide bonds. The Morgan fingerprint density at radius 2 is 2.25 bits per heavy atom. The molecule has 20 heavy (non-hydrogen) atoms. The summed E-state index contributed by atoms with van der Waals surface area (Å²) in [5.74, 6) is 1.73. The molecule has 3 heterocycles. The SMILES string of the molecule is Cc1ccc(/C=C(\C#N)c2nnc3n2CCCCC3)s1. The van der Waals surface area contributed by atoms with E-state index < -0.39 is 0 Å². The van der Waals surface area contributed by atoms with Crippen molar-refractivity contribution in [3.8, 4) is 6.07 Å². The molecule has 4 nitrogen and oxygen atoms in total. The summed E-state index contributed by atoms with van der Waals surface area (Å²) in [6, 6.07) is 6.38. The van der Waals surface area contributed by atoms with Crippen LogP contribution in [0.4, 0.5) is 0 Å². The molecule has 0 bridgehead atoms. The molecule has 3 rings (SSSR count). The molecule has 0 saturated heterocycles. The number of rotatable bonds is 2. The van der Waals surface area contributed by atoms with Crippen LogP contribution in [0.25, 0.3) is 11.6 Å². The summed E-state index contributed by atoms with van der Waals surface area (Å²) < 4.78 is 2.11. The van der Waals surface area contributed by atoms with Crippen LogP contribution in [-0.2, 0) is 13.0 Å². The van der Waals surface area contributed by atoms with E-state index in [4.69, 9.17) is 0 Å². The molecule has 102 valence electrons. The van der Waals surface area contributed by atoms with Gasteiger partial charge in [0.2, 0.25) is 0 Å². The summed E-state index contributed by atoms with van der Waals surface area (Å²) in [6.07, 6.45) is 6.39. The molecule has 0 aliphatic carbocycles. The first-order chi connectivity index (χ1) is 9.78. The third-order valence-electron chi connectivity index (χ3n) is 3.52. The monoisotopic (exact) mass is 284 g/mol. The maximum atomic E-state index is 9.44. The van der Waals surface area contributed by atoms with Gasteiger partial charge in [-0.25, -0.2) is 0 Å². The van der Waals surface area contributed by atoms with Gasteiger partial charge in [0.15, 0.2) is 5.82 Å².